The van der Waals surface area contributed by atoms with Crippen LogP contribution in [0.5, 0.6) is 5.88 Å². The molecule has 0 bridgehead atoms. The molecule has 0 atom stereocenters. The highest BCUT2D eigenvalue weighted by Gasteiger charge is 2.15. The topological polar surface area (TPSA) is 101 Å². The Kier molecular flexibility index (Phi) is 2.51. The number of aliphatic imine (C=N–C) groups is 1. The van der Waals surface area contributed by atoms with Gasteiger partial charge in [0.1, 0.15) is 11.8 Å². The van der Waals surface area contributed by atoms with Crippen molar-refractivity contribution in [3.63, 3.8) is 0 Å². The summed E-state index contributed by atoms with van der Waals surface area (Å²) in [5.74, 6) is 0.516. The molecule has 6 nitrogen and oxygen atoms in total. The predicted octanol–water partition coefficient (Wildman–Crippen LogP) is 2.30. The molecule has 3 rings (SSSR count). The first-order valence-electron chi connectivity index (χ1n) is 5.35. The van der Waals surface area contributed by atoms with E-state index in [9.17, 15) is 5.11 Å². The van der Waals surface area contributed by atoms with Crippen LogP contribution in [-0.4, -0.2) is 26.3 Å². The number of hydrogen-bond donors (Lipinski definition) is 3. The highest BCUT2D eigenvalue weighted by Crippen LogP contribution is 2.31. The van der Waals surface area contributed by atoms with E-state index in [0.29, 0.717) is 21.8 Å². The van der Waals surface area contributed by atoms with Crippen LogP contribution >= 0.6 is 12.2 Å². The van der Waals surface area contributed by atoms with Crippen molar-refractivity contribution >= 4 is 35.9 Å². The molecule has 0 unspecified atom stereocenters. The fourth-order valence-corrected chi connectivity index (χ4v) is 2.00. The lowest BCUT2D eigenvalue weighted by Crippen LogP contribution is -1.85. The molecule has 0 radical (unpaired) electrons. The number of rotatable bonds is 1. The van der Waals surface area contributed by atoms with Crippen LogP contribution in [0.1, 0.15) is 16.8 Å². The Morgan fingerprint density at radius 3 is 2.95 bits per heavy atom. The molecule has 1 aliphatic rings. The first-order valence-corrected chi connectivity index (χ1v) is 5.76. The average molecular weight is 269 g/mol. The van der Waals surface area contributed by atoms with Gasteiger partial charge in [-0.3, -0.25) is 0 Å². The molecule has 3 N–H and O–H groups in total. The predicted molar refractivity (Wildman–Crippen MR) is 72.6 cm³/mol. The van der Waals surface area contributed by atoms with Crippen LogP contribution < -0.4 is 0 Å². The highest BCUT2D eigenvalue weighted by atomic mass is 32.1. The maximum absolute atomic E-state index is 9.63. The molecular formula is C12H7N5OS. The number of nitriles is 1. The van der Waals surface area contributed by atoms with Gasteiger partial charge in [-0.25, -0.2) is 9.98 Å². The molecule has 0 fully saturated rings. The summed E-state index contributed by atoms with van der Waals surface area (Å²) >= 11 is 4.89. The summed E-state index contributed by atoms with van der Waals surface area (Å²) in [5, 5.41) is 18.5. The van der Waals surface area contributed by atoms with E-state index in [4.69, 9.17) is 17.5 Å². The van der Waals surface area contributed by atoms with E-state index in [1.54, 1.807) is 18.4 Å². The number of aromatic nitrogens is 3. The lowest BCUT2D eigenvalue weighted by atomic mass is 10.1. The van der Waals surface area contributed by atoms with Crippen molar-refractivity contribution in [2.75, 3.05) is 0 Å². The number of fused-ring (bicyclic) bond motifs is 1. The fourth-order valence-electron chi connectivity index (χ4n) is 1.80. The zero-order valence-corrected chi connectivity index (χ0v) is 10.3. The lowest BCUT2D eigenvalue weighted by molar-refractivity contribution is 0.455. The zero-order chi connectivity index (χ0) is 13.4. The molecule has 92 valence electrons. The van der Waals surface area contributed by atoms with E-state index >= 15 is 0 Å². The van der Waals surface area contributed by atoms with E-state index < -0.39 is 0 Å². The number of aromatic hydroxyl groups is 1. The van der Waals surface area contributed by atoms with Crippen molar-refractivity contribution < 1.29 is 5.11 Å². The number of nitrogens with one attached hydrogen (secondary N) is 2. The van der Waals surface area contributed by atoms with Crippen molar-refractivity contribution in [1.82, 2.24) is 15.0 Å². The third-order valence-corrected chi connectivity index (χ3v) is 2.87. The molecule has 7 heteroatoms. The quantitative estimate of drug-likeness (QED) is 0.691. The maximum atomic E-state index is 9.63. The monoisotopic (exact) mass is 269 g/mol. The lowest BCUT2D eigenvalue weighted by Gasteiger charge is -1.99. The largest absolute Gasteiger partial charge is 0.493 e. The van der Waals surface area contributed by atoms with E-state index in [0.717, 1.165) is 11.1 Å². The molecule has 0 spiro atoms. The van der Waals surface area contributed by atoms with Gasteiger partial charge in [-0.05, 0) is 24.4 Å². The molecule has 19 heavy (non-hydrogen) atoms. The van der Waals surface area contributed by atoms with Crippen LogP contribution in [0.4, 0.5) is 5.82 Å². The molecule has 1 aliphatic heterocycles. The first-order chi connectivity index (χ1) is 9.17. The van der Waals surface area contributed by atoms with E-state index in [-0.39, 0.29) is 5.88 Å². The number of H-pyrrole nitrogens is 2. The summed E-state index contributed by atoms with van der Waals surface area (Å²) in [7, 11) is 0. The summed E-state index contributed by atoms with van der Waals surface area (Å²) in [5.41, 5.74) is 2.42. The molecule has 2 aromatic rings. The van der Waals surface area contributed by atoms with Gasteiger partial charge in [-0.2, -0.15) is 5.26 Å². The van der Waals surface area contributed by atoms with Crippen molar-refractivity contribution in [3.05, 3.63) is 33.9 Å². The van der Waals surface area contributed by atoms with Gasteiger partial charge in [-0.1, -0.05) is 0 Å². The van der Waals surface area contributed by atoms with E-state index in [2.05, 4.69) is 19.9 Å². The molecular weight excluding hydrogens is 262 g/mol. The summed E-state index contributed by atoms with van der Waals surface area (Å²) in [6.45, 7) is 0. The van der Waals surface area contributed by atoms with Crippen LogP contribution in [0.15, 0.2) is 17.3 Å². The molecule has 2 aromatic heterocycles. The minimum atomic E-state index is -0.0382. The Balaban J connectivity index is 2.12. The van der Waals surface area contributed by atoms with Crippen molar-refractivity contribution in [3.8, 4) is 11.9 Å². The second-order valence-corrected chi connectivity index (χ2v) is 4.31. The normalized spacial score (nSPS) is 14.6. The second kappa shape index (κ2) is 4.19. The van der Waals surface area contributed by atoms with E-state index in [1.165, 1.54) is 6.20 Å². The molecule has 0 aromatic carbocycles. The molecule has 0 saturated heterocycles. The van der Waals surface area contributed by atoms with Crippen LogP contribution in [0, 0.1) is 16.1 Å². The second-order valence-electron chi connectivity index (χ2n) is 3.91. The first kappa shape index (κ1) is 11.4. The van der Waals surface area contributed by atoms with Crippen molar-refractivity contribution in [2.45, 2.75) is 0 Å². The summed E-state index contributed by atoms with van der Waals surface area (Å²) < 4.78 is 0.336. The van der Waals surface area contributed by atoms with Gasteiger partial charge >= 0.3 is 0 Å². The molecule has 0 amide bonds. The van der Waals surface area contributed by atoms with Crippen LogP contribution in [-0.2, 0) is 0 Å². The Labute approximate surface area is 112 Å². The molecule has 0 saturated carbocycles. The number of allylic oxidation sites excluding steroid dienone is 1. The van der Waals surface area contributed by atoms with Gasteiger partial charge in [0.25, 0.3) is 0 Å². The van der Waals surface area contributed by atoms with Crippen molar-refractivity contribution in [2.24, 2.45) is 4.99 Å². The van der Waals surface area contributed by atoms with E-state index in [1.807, 2.05) is 6.07 Å². The third-order valence-electron chi connectivity index (χ3n) is 2.67. The zero-order valence-electron chi connectivity index (χ0n) is 9.51. The van der Waals surface area contributed by atoms with Crippen LogP contribution in [0.2, 0.25) is 0 Å². The maximum Gasteiger partial charge on any atom is 0.215 e. The van der Waals surface area contributed by atoms with Crippen molar-refractivity contribution in [1.29, 1.82) is 5.26 Å². The number of hydrogen-bond acceptors (Lipinski definition) is 5. The Bertz CT molecular complexity index is 821. The van der Waals surface area contributed by atoms with Gasteiger partial charge < -0.3 is 15.1 Å². The summed E-state index contributed by atoms with van der Waals surface area (Å²) in [4.78, 5) is 13.6. The van der Waals surface area contributed by atoms with Gasteiger partial charge in [0.05, 0.1) is 5.56 Å². The van der Waals surface area contributed by atoms with Gasteiger partial charge in [0, 0.05) is 23.5 Å². The smallest absolute Gasteiger partial charge is 0.215 e. The van der Waals surface area contributed by atoms with Crippen LogP contribution in [0.25, 0.3) is 11.6 Å². The Morgan fingerprint density at radius 2 is 2.26 bits per heavy atom. The third kappa shape index (κ3) is 1.94. The molecule has 3 heterocycles. The van der Waals surface area contributed by atoms with Gasteiger partial charge in [-0.15, -0.1) is 0 Å². The number of aromatic amines is 2. The Morgan fingerprint density at radius 1 is 1.42 bits per heavy atom. The van der Waals surface area contributed by atoms with Crippen LogP contribution in [0.3, 0.4) is 0 Å². The number of pyridine rings is 1. The SMILES string of the molecule is N#Cc1cnc2c(c1)C(=Cc1[nH]c(=S)[nH]c1O)C=N2. The highest BCUT2D eigenvalue weighted by molar-refractivity contribution is 7.71. The minimum absolute atomic E-state index is 0.0382. The minimum Gasteiger partial charge on any atom is -0.493 e. The average Bonchev–Trinajstić information content (AvgIpc) is 2.93. The number of nitrogens with zero attached hydrogens (tertiary/aromatic N) is 3. The number of imidazole rings is 1. The summed E-state index contributed by atoms with van der Waals surface area (Å²) in [6.07, 6.45) is 4.79. The van der Waals surface area contributed by atoms with Gasteiger partial charge in [0.2, 0.25) is 5.88 Å². The summed E-state index contributed by atoms with van der Waals surface area (Å²) in [6, 6.07) is 3.74. The Hall–Kier alpha value is -2.72. The fraction of sp³-hybridized carbons (Fsp3) is 0. The van der Waals surface area contributed by atoms with Gasteiger partial charge in [0.15, 0.2) is 10.6 Å². The molecule has 0 aliphatic carbocycles. The standard InChI is InChI=1S/C12H7N5OS/c13-3-6-1-8-7(5-15-10(8)14-4-6)2-9-11(18)17-12(19)16-9/h1-2,4-5,18H,(H2,16,17,19).